The maximum atomic E-state index is 11.5. The van der Waals surface area contributed by atoms with Crippen molar-refractivity contribution < 1.29 is 56.8 Å². The van der Waals surface area contributed by atoms with E-state index in [2.05, 4.69) is 5.32 Å². The van der Waals surface area contributed by atoms with Crippen molar-refractivity contribution in [2.45, 2.75) is 25.0 Å². The lowest BCUT2D eigenvalue weighted by Crippen LogP contribution is -2.34. The number of aliphatic hydroxyl groups is 1. The number of rotatable bonds is 12. The van der Waals surface area contributed by atoms with E-state index in [0.717, 1.165) is 11.3 Å². The zero-order chi connectivity index (χ0) is 33.9. The Morgan fingerprint density at radius 2 is 1.70 bits per heavy atom. The second-order valence-corrected chi connectivity index (χ2v) is 10.4. The largest absolute Gasteiger partial charge is 0.497 e. The molecule has 0 spiro atoms. The number of amides is 2. The van der Waals surface area contributed by atoms with Crippen molar-refractivity contribution in [3.05, 3.63) is 76.3 Å². The molecule has 1 fully saturated rings. The Morgan fingerprint density at radius 3 is 2.28 bits per heavy atom. The van der Waals surface area contributed by atoms with Gasteiger partial charge in [-0.1, -0.05) is 35.3 Å². The number of halogens is 5. The summed E-state index contributed by atoms with van der Waals surface area (Å²) in [5.41, 5.74) is 6.44. The van der Waals surface area contributed by atoms with Crippen LogP contribution in [-0.2, 0) is 16.2 Å². The van der Waals surface area contributed by atoms with Crippen molar-refractivity contribution >= 4 is 40.9 Å². The van der Waals surface area contributed by atoms with Crippen LogP contribution < -0.4 is 30.0 Å². The van der Waals surface area contributed by atoms with Gasteiger partial charge in [0.05, 0.1) is 30.9 Å². The lowest BCUT2D eigenvalue weighted by atomic mass is 10.2. The quantitative estimate of drug-likeness (QED) is 0.200. The molecule has 1 saturated heterocycles. The van der Waals surface area contributed by atoms with E-state index in [1.54, 1.807) is 36.4 Å². The van der Waals surface area contributed by atoms with Crippen LogP contribution in [0.5, 0.6) is 23.0 Å². The summed E-state index contributed by atoms with van der Waals surface area (Å²) in [6, 6.07) is 16.7. The molecule has 46 heavy (non-hydrogen) atoms. The number of urea groups is 1. The molecule has 12 nitrogen and oxygen atoms in total. The molecular formula is C29H30Cl2F3N3O9. The molecule has 1 heterocycles. The summed E-state index contributed by atoms with van der Waals surface area (Å²) in [6.07, 6.45) is -6.20. The zero-order valence-electron chi connectivity index (χ0n) is 24.1. The van der Waals surface area contributed by atoms with E-state index in [4.69, 9.17) is 62.6 Å². The van der Waals surface area contributed by atoms with Crippen molar-refractivity contribution in [1.29, 1.82) is 0 Å². The highest BCUT2D eigenvalue weighted by atomic mass is 35.5. The van der Waals surface area contributed by atoms with Gasteiger partial charge in [0.15, 0.2) is 0 Å². The van der Waals surface area contributed by atoms with Crippen molar-refractivity contribution in [2.75, 3.05) is 38.7 Å². The number of ether oxygens (including phenoxy) is 4. The fourth-order valence-corrected chi connectivity index (χ4v) is 4.12. The third kappa shape index (κ3) is 12.0. The number of nitrogens with two attached hydrogens (primary N) is 1. The molecule has 0 aliphatic carbocycles. The van der Waals surface area contributed by atoms with Gasteiger partial charge in [-0.15, -0.1) is 0 Å². The highest BCUT2D eigenvalue weighted by Gasteiger charge is 2.38. The summed E-state index contributed by atoms with van der Waals surface area (Å²) in [5.74, 6) is -0.782. The van der Waals surface area contributed by atoms with Crippen LogP contribution in [0.2, 0.25) is 10.0 Å². The van der Waals surface area contributed by atoms with Crippen LogP contribution in [0.4, 0.5) is 23.7 Å². The number of anilines is 1. The minimum atomic E-state index is -5.08. The number of hydroxylamine groups is 2. The SMILES string of the molecule is COc1ccc(COc2cc(OC[C@@H](O)CN3C[C@@H](Oc4ccc(Cl)cc4)CO3)c(NC(N)=O)cc2Cl)cc1.O=C(O)C(F)(F)F. The summed E-state index contributed by atoms with van der Waals surface area (Å²) in [4.78, 5) is 26.0. The number of methoxy groups -OCH3 is 1. The van der Waals surface area contributed by atoms with Gasteiger partial charge in [-0.2, -0.15) is 18.2 Å². The molecule has 0 radical (unpaired) electrons. The number of primary amides is 1. The monoisotopic (exact) mass is 691 g/mol. The number of hydrogen-bond donors (Lipinski definition) is 4. The van der Waals surface area contributed by atoms with E-state index < -0.39 is 24.3 Å². The summed E-state index contributed by atoms with van der Waals surface area (Å²) in [7, 11) is 1.59. The van der Waals surface area contributed by atoms with Crippen molar-refractivity contribution in [2.24, 2.45) is 5.73 Å². The number of β-amino-alcohol motifs (C(OH)–C–C–N with tert-alkyl or cyclic N) is 1. The number of carbonyl (C=O) groups excluding carboxylic acids is 1. The topological polar surface area (TPSA) is 162 Å². The van der Waals surface area contributed by atoms with Crippen molar-refractivity contribution in [3.8, 4) is 23.0 Å². The van der Waals surface area contributed by atoms with Gasteiger partial charge >= 0.3 is 18.2 Å². The summed E-state index contributed by atoms with van der Waals surface area (Å²) in [6.45, 7) is 1.11. The van der Waals surface area contributed by atoms with E-state index in [0.29, 0.717) is 29.7 Å². The molecule has 4 rings (SSSR count). The first-order chi connectivity index (χ1) is 21.7. The number of hydrogen-bond acceptors (Lipinski definition) is 9. The Labute approximate surface area is 271 Å². The van der Waals surface area contributed by atoms with Gasteiger partial charge in [0.2, 0.25) is 0 Å². The highest BCUT2D eigenvalue weighted by molar-refractivity contribution is 6.32. The first-order valence-corrected chi connectivity index (χ1v) is 14.1. The molecule has 0 bridgehead atoms. The van der Waals surface area contributed by atoms with E-state index >= 15 is 0 Å². The summed E-state index contributed by atoms with van der Waals surface area (Å²) in [5, 5.41) is 22.7. The van der Waals surface area contributed by atoms with Crippen LogP contribution in [0.1, 0.15) is 5.56 Å². The molecular weight excluding hydrogens is 662 g/mol. The fraction of sp³-hybridized carbons (Fsp3) is 0.310. The average molecular weight is 692 g/mol. The van der Waals surface area contributed by atoms with Gasteiger partial charge in [-0.25, -0.2) is 9.59 Å². The molecule has 3 aromatic carbocycles. The Morgan fingerprint density at radius 1 is 1.07 bits per heavy atom. The molecule has 0 saturated carbocycles. The van der Waals surface area contributed by atoms with Crippen LogP contribution in [0.25, 0.3) is 0 Å². The Balaban J connectivity index is 0.000000738. The smallest absolute Gasteiger partial charge is 0.490 e. The maximum absolute atomic E-state index is 11.5. The highest BCUT2D eigenvalue weighted by Crippen LogP contribution is 2.37. The lowest BCUT2D eigenvalue weighted by molar-refractivity contribution is -0.192. The number of alkyl halides is 3. The van der Waals surface area contributed by atoms with Crippen molar-refractivity contribution in [1.82, 2.24) is 5.06 Å². The number of aliphatic hydroxyl groups excluding tert-OH is 1. The van der Waals surface area contributed by atoms with Crippen LogP contribution in [0.15, 0.2) is 60.7 Å². The van der Waals surface area contributed by atoms with Crippen LogP contribution in [0, 0.1) is 0 Å². The molecule has 250 valence electrons. The van der Waals surface area contributed by atoms with Crippen molar-refractivity contribution in [3.63, 3.8) is 0 Å². The van der Waals surface area contributed by atoms with Crippen LogP contribution in [0.3, 0.4) is 0 Å². The van der Waals surface area contributed by atoms with Gasteiger partial charge in [0.25, 0.3) is 0 Å². The first kappa shape index (κ1) is 36.3. The van der Waals surface area contributed by atoms with Gasteiger partial charge in [0.1, 0.15) is 55.0 Å². The number of carbonyl (C=O) groups is 2. The molecule has 0 aromatic heterocycles. The van der Waals surface area contributed by atoms with E-state index in [9.17, 15) is 23.1 Å². The number of nitrogens with zero attached hydrogens (tertiary/aromatic N) is 1. The normalized spacial score (nSPS) is 15.2. The van der Waals surface area contributed by atoms with E-state index in [1.165, 1.54) is 12.1 Å². The minimum absolute atomic E-state index is 0.102. The Kier molecular flexibility index (Phi) is 13.4. The Bertz CT molecular complexity index is 1450. The number of nitrogens with one attached hydrogen (secondary N) is 1. The number of aliphatic carboxylic acids is 1. The predicted molar refractivity (Wildman–Crippen MR) is 161 cm³/mol. The molecule has 3 aromatic rings. The second-order valence-electron chi connectivity index (χ2n) is 9.51. The number of carboxylic acid groups (broad SMARTS) is 1. The second kappa shape index (κ2) is 17.0. The minimum Gasteiger partial charge on any atom is -0.497 e. The third-order valence-electron chi connectivity index (χ3n) is 5.90. The maximum Gasteiger partial charge on any atom is 0.490 e. The Hall–Kier alpha value is -4.15. The fourth-order valence-electron chi connectivity index (χ4n) is 3.78. The molecule has 17 heteroatoms. The molecule has 2 atom stereocenters. The molecule has 5 N–H and O–H groups in total. The molecule has 0 unspecified atom stereocenters. The standard InChI is InChI=1S/C27H29Cl2N3O7.C2HF3O2/c1-35-20-6-2-17(3-7-20)14-36-25-11-26(24(10-23(25)29)31-27(30)34)37-15-19(33)12-32-13-22(16-38-32)39-21-8-4-18(28)5-9-21;3-2(4,5)1(6)7/h2-11,19,22,33H,12-16H2,1H3,(H3,30,31,34);(H,6,7)/t19-,22+;/m0./s1. The van der Waals surface area contributed by atoms with E-state index in [-0.39, 0.29) is 42.3 Å². The number of benzene rings is 3. The van der Waals surface area contributed by atoms with Gasteiger partial charge < -0.3 is 40.2 Å². The van der Waals surface area contributed by atoms with Gasteiger partial charge in [-0.3, -0.25) is 4.84 Å². The van der Waals surface area contributed by atoms with Gasteiger partial charge in [0, 0.05) is 11.1 Å². The zero-order valence-corrected chi connectivity index (χ0v) is 25.6. The molecule has 1 aliphatic heterocycles. The molecule has 2 amide bonds. The third-order valence-corrected chi connectivity index (χ3v) is 6.45. The van der Waals surface area contributed by atoms with Crippen LogP contribution in [-0.4, -0.2) is 79.1 Å². The van der Waals surface area contributed by atoms with Crippen LogP contribution >= 0.6 is 23.2 Å². The summed E-state index contributed by atoms with van der Waals surface area (Å²) < 4.78 is 54.5. The average Bonchev–Trinajstić information content (AvgIpc) is 3.43. The molecule has 1 aliphatic rings. The summed E-state index contributed by atoms with van der Waals surface area (Å²) >= 11 is 12.3. The van der Waals surface area contributed by atoms with E-state index in [1.807, 2.05) is 24.3 Å². The first-order valence-electron chi connectivity index (χ1n) is 13.3. The lowest BCUT2D eigenvalue weighted by Gasteiger charge is -2.20. The number of carboxylic acids is 1. The van der Waals surface area contributed by atoms with Gasteiger partial charge in [-0.05, 0) is 48.0 Å². The predicted octanol–water partition coefficient (Wildman–Crippen LogP) is 5.14.